The monoisotopic (exact) mass is 366 g/mol. The first kappa shape index (κ1) is 18.2. The smallest absolute Gasteiger partial charge is 0.237 e. The molecule has 1 heterocycles. The van der Waals surface area contributed by atoms with Crippen LogP contribution >= 0.6 is 0 Å². The van der Waals surface area contributed by atoms with E-state index in [-0.39, 0.29) is 29.7 Å². The molecule has 0 bridgehead atoms. The van der Waals surface area contributed by atoms with Gasteiger partial charge in [0, 0.05) is 18.2 Å². The minimum atomic E-state index is -3.13. The molecule has 1 saturated carbocycles. The Morgan fingerprint density at radius 3 is 2.72 bits per heavy atom. The van der Waals surface area contributed by atoms with Crippen molar-refractivity contribution in [2.24, 2.45) is 5.73 Å². The van der Waals surface area contributed by atoms with Gasteiger partial charge in [0.2, 0.25) is 5.91 Å². The Labute approximate surface area is 149 Å². The Morgan fingerprint density at radius 1 is 1.36 bits per heavy atom. The van der Waals surface area contributed by atoms with E-state index in [9.17, 15) is 13.2 Å². The number of hydrogen-bond donors (Lipinski definition) is 2. The van der Waals surface area contributed by atoms with Crippen molar-refractivity contribution >= 4 is 15.7 Å². The minimum Gasteiger partial charge on any atom is -0.487 e. The van der Waals surface area contributed by atoms with Gasteiger partial charge < -0.3 is 15.8 Å². The van der Waals surface area contributed by atoms with E-state index in [4.69, 9.17) is 10.5 Å². The van der Waals surface area contributed by atoms with Crippen LogP contribution in [0.5, 0.6) is 5.75 Å². The van der Waals surface area contributed by atoms with Gasteiger partial charge in [-0.3, -0.25) is 4.79 Å². The predicted octanol–water partition coefficient (Wildman–Crippen LogP) is 1.70. The van der Waals surface area contributed by atoms with Crippen molar-refractivity contribution in [3.8, 4) is 5.75 Å². The topological polar surface area (TPSA) is 98.5 Å². The van der Waals surface area contributed by atoms with Crippen molar-refractivity contribution in [1.29, 1.82) is 0 Å². The number of nitrogens with one attached hydrogen (secondary N) is 1. The Morgan fingerprint density at radius 2 is 2.04 bits per heavy atom. The van der Waals surface area contributed by atoms with Gasteiger partial charge in [0.05, 0.1) is 17.8 Å². The zero-order valence-electron chi connectivity index (χ0n) is 14.5. The van der Waals surface area contributed by atoms with E-state index in [1.165, 1.54) is 0 Å². The maximum atomic E-state index is 12.5. The molecule has 0 aromatic heterocycles. The van der Waals surface area contributed by atoms with Crippen LogP contribution in [0.3, 0.4) is 0 Å². The van der Waals surface area contributed by atoms with Crippen LogP contribution in [0, 0.1) is 0 Å². The quantitative estimate of drug-likeness (QED) is 0.826. The number of benzene rings is 1. The molecule has 138 valence electrons. The molecule has 1 aliphatic heterocycles. The van der Waals surface area contributed by atoms with Gasteiger partial charge in [-0.1, -0.05) is 18.2 Å². The summed E-state index contributed by atoms with van der Waals surface area (Å²) in [5.74, 6) is 0.430. The largest absolute Gasteiger partial charge is 0.487 e. The molecular formula is C18H26N2O4S. The van der Waals surface area contributed by atoms with Crippen LogP contribution in [0.15, 0.2) is 24.3 Å². The molecule has 1 aromatic rings. The third-order valence-corrected chi connectivity index (χ3v) is 6.14. The average molecular weight is 366 g/mol. The fourth-order valence-corrected chi connectivity index (χ4v) is 4.51. The molecule has 1 amide bonds. The number of hydrogen-bond acceptors (Lipinski definition) is 5. The van der Waals surface area contributed by atoms with Crippen LogP contribution in [-0.2, 0) is 14.6 Å². The van der Waals surface area contributed by atoms with E-state index in [0.29, 0.717) is 0 Å². The summed E-state index contributed by atoms with van der Waals surface area (Å²) in [5, 5.41) is 3.02. The number of amides is 1. The maximum Gasteiger partial charge on any atom is 0.237 e. The van der Waals surface area contributed by atoms with Gasteiger partial charge >= 0.3 is 0 Å². The van der Waals surface area contributed by atoms with E-state index in [1.54, 1.807) is 0 Å². The second-order valence-electron chi connectivity index (χ2n) is 7.32. The number of para-hydroxylation sites is 1. The summed E-state index contributed by atoms with van der Waals surface area (Å²) < 4.78 is 28.8. The molecule has 2 atom stereocenters. The molecule has 3 N–H and O–H groups in total. The standard InChI is InChI=1S/C18H26N2O4S/c1-25(22,23)11-8-14(19)17(21)20-15-12-18(9-4-5-10-18)24-16-7-3-2-6-13(15)16/h2-3,6-7,14-15H,4-5,8-12,19H2,1H3,(H,20,21). The second-order valence-corrected chi connectivity index (χ2v) is 9.58. The van der Waals surface area contributed by atoms with E-state index in [1.807, 2.05) is 24.3 Å². The van der Waals surface area contributed by atoms with Crippen molar-refractivity contribution in [3.63, 3.8) is 0 Å². The SMILES string of the molecule is CS(=O)(=O)CCC(N)C(=O)NC1CC2(CCCC2)Oc2ccccc21. The van der Waals surface area contributed by atoms with E-state index < -0.39 is 15.9 Å². The van der Waals surface area contributed by atoms with Crippen molar-refractivity contribution in [2.45, 2.75) is 56.2 Å². The van der Waals surface area contributed by atoms with Gasteiger partial charge in [0.25, 0.3) is 0 Å². The lowest BCUT2D eigenvalue weighted by Crippen LogP contribution is -2.48. The van der Waals surface area contributed by atoms with Gasteiger partial charge in [0.1, 0.15) is 21.2 Å². The molecule has 1 fully saturated rings. The molecule has 2 aliphatic rings. The number of sulfone groups is 1. The lowest BCUT2D eigenvalue weighted by atomic mass is 9.85. The van der Waals surface area contributed by atoms with Gasteiger partial charge in [-0.15, -0.1) is 0 Å². The van der Waals surface area contributed by atoms with Crippen LogP contribution < -0.4 is 15.8 Å². The molecule has 0 radical (unpaired) electrons. The molecule has 1 spiro atoms. The first-order chi connectivity index (χ1) is 11.8. The summed E-state index contributed by atoms with van der Waals surface area (Å²) in [7, 11) is -3.13. The molecule has 3 rings (SSSR count). The predicted molar refractivity (Wildman–Crippen MR) is 96.1 cm³/mol. The van der Waals surface area contributed by atoms with Gasteiger partial charge in [0.15, 0.2) is 0 Å². The highest BCUT2D eigenvalue weighted by atomic mass is 32.2. The van der Waals surface area contributed by atoms with Gasteiger partial charge in [-0.2, -0.15) is 0 Å². The van der Waals surface area contributed by atoms with Crippen LogP contribution in [0.1, 0.15) is 50.1 Å². The number of carbonyl (C=O) groups is 1. The Bertz CT molecular complexity index is 741. The number of fused-ring (bicyclic) bond motifs is 1. The second kappa shape index (κ2) is 6.96. The van der Waals surface area contributed by atoms with Crippen LogP contribution in [0.2, 0.25) is 0 Å². The number of rotatable bonds is 5. The molecule has 2 unspecified atom stereocenters. The number of ether oxygens (including phenoxy) is 1. The summed E-state index contributed by atoms with van der Waals surface area (Å²) in [6, 6.07) is 6.78. The van der Waals surface area contributed by atoms with E-state index >= 15 is 0 Å². The number of nitrogens with two attached hydrogens (primary N) is 1. The third kappa shape index (κ3) is 4.33. The first-order valence-corrected chi connectivity index (χ1v) is 10.9. The summed E-state index contributed by atoms with van der Waals surface area (Å²) in [6.45, 7) is 0. The summed E-state index contributed by atoms with van der Waals surface area (Å²) in [6.07, 6.45) is 6.26. The number of carbonyl (C=O) groups excluding carboxylic acids is 1. The molecule has 7 heteroatoms. The molecular weight excluding hydrogens is 340 g/mol. The summed E-state index contributed by atoms with van der Waals surface area (Å²) in [4.78, 5) is 12.5. The molecule has 6 nitrogen and oxygen atoms in total. The highest BCUT2D eigenvalue weighted by Gasteiger charge is 2.43. The summed E-state index contributed by atoms with van der Waals surface area (Å²) in [5.41, 5.74) is 6.66. The minimum absolute atomic E-state index is 0.0874. The van der Waals surface area contributed by atoms with Crippen LogP contribution in [0.4, 0.5) is 0 Å². The average Bonchev–Trinajstić information content (AvgIpc) is 2.99. The van der Waals surface area contributed by atoms with Crippen molar-refractivity contribution in [2.75, 3.05) is 12.0 Å². The zero-order chi connectivity index (χ0) is 18.1. The van der Waals surface area contributed by atoms with Crippen molar-refractivity contribution < 1.29 is 17.9 Å². The Balaban J connectivity index is 1.73. The fourth-order valence-electron chi connectivity index (χ4n) is 3.82. The zero-order valence-corrected chi connectivity index (χ0v) is 15.3. The normalized spacial score (nSPS) is 22.9. The highest BCUT2D eigenvalue weighted by Crippen LogP contribution is 2.46. The van der Waals surface area contributed by atoms with Gasteiger partial charge in [-0.25, -0.2) is 8.42 Å². The lowest BCUT2D eigenvalue weighted by molar-refractivity contribution is -0.123. The highest BCUT2D eigenvalue weighted by molar-refractivity contribution is 7.90. The molecule has 0 saturated heterocycles. The fraction of sp³-hybridized carbons (Fsp3) is 0.611. The maximum absolute atomic E-state index is 12.5. The van der Waals surface area contributed by atoms with Gasteiger partial charge in [-0.05, 0) is 38.2 Å². The molecule has 25 heavy (non-hydrogen) atoms. The Kier molecular flexibility index (Phi) is 5.06. The van der Waals surface area contributed by atoms with Crippen molar-refractivity contribution in [3.05, 3.63) is 29.8 Å². The van der Waals surface area contributed by atoms with Crippen LogP contribution in [0.25, 0.3) is 0 Å². The molecule has 1 aromatic carbocycles. The summed E-state index contributed by atoms with van der Waals surface area (Å²) >= 11 is 0. The first-order valence-electron chi connectivity index (χ1n) is 8.80. The lowest BCUT2D eigenvalue weighted by Gasteiger charge is -2.40. The van der Waals surface area contributed by atoms with Crippen molar-refractivity contribution in [1.82, 2.24) is 5.32 Å². The Hall–Kier alpha value is -1.60. The molecule has 1 aliphatic carbocycles. The third-order valence-electron chi connectivity index (χ3n) is 5.16. The van der Waals surface area contributed by atoms with E-state index in [2.05, 4.69) is 5.32 Å². The van der Waals surface area contributed by atoms with Crippen LogP contribution in [-0.4, -0.2) is 38.0 Å². The van der Waals surface area contributed by atoms with E-state index in [0.717, 1.165) is 49.7 Å².